The Bertz CT molecular complexity index is 591. The Labute approximate surface area is 125 Å². The number of alkyl halides is 3. The number of halogens is 3. The molecule has 7 heteroatoms. The summed E-state index contributed by atoms with van der Waals surface area (Å²) in [5, 5.41) is 3.84. The Kier molecular flexibility index (Phi) is 5.05. The highest BCUT2D eigenvalue weighted by molar-refractivity contribution is 7.22. The first-order valence-corrected chi connectivity index (χ1v) is 7.69. The lowest BCUT2D eigenvalue weighted by Crippen LogP contribution is -2.28. The van der Waals surface area contributed by atoms with Gasteiger partial charge in [0.15, 0.2) is 5.13 Å². The fourth-order valence-electron chi connectivity index (χ4n) is 2.04. The summed E-state index contributed by atoms with van der Waals surface area (Å²) in [5.41, 5.74) is -0.268. The van der Waals surface area contributed by atoms with Crippen molar-refractivity contribution in [3.8, 4) is 0 Å². The molecule has 0 fully saturated rings. The third-order valence-electron chi connectivity index (χ3n) is 3.31. The third-order valence-corrected chi connectivity index (χ3v) is 4.31. The van der Waals surface area contributed by atoms with Crippen molar-refractivity contribution in [2.45, 2.75) is 20.0 Å². The van der Waals surface area contributed by atoms with Gasteiger partial charge in [0.2, 0.25) is 0 Å². The Hall–Kier alpha value is -1.34. The van der Waals surface area contributed by atoms with E-state index < -0.39 is 11.7 Å². The highest BCUT2D eigenvalue weighted by Gasteiger charge is 2.30. The van der Waals surface area contributed by atoms with Gasteiger partial charge in [-0.3, -0.25) is 0 Å². The fraction of sp³-hybridized carbons (Fsp3) is 0.500. The van der Waals surface area contributed by atoms with E-state index in [0.29, 0.717) is 10.6 Å². The molecule has 0 bridgehead atoms. The topological polar surface area (TPSA) is 28.2 Å². The van der Waals surface area contributed by atoms with Gasteiger partial charge in [-0.25, -0.2) is 4.98 Å². The van der Waals surface area contributed by atoms with Crippen LogP contribution in [0.4, 0.5) is 18.3 Å². The number of thiazole rings is 1. The van der Waals surface area contributed by atoms with Gasteiger partial charge in [-0.1, -0.05) is 25.2 Å². The zero-order chi connectivity index (χ0) is 15.5. The lowest BCUT2D eigenvalue weighted by Gasteiger charge is -2.17. The molecule has 3 nitrogen and oxygen atoms in total. The average molecular weight is 317 g/mol. The van der Waals surface area contributed by atoms with E-state index in [-0.39, 0.29) is 0 Å². The maximum Gasteiger partial charge on any atom is 0.416 e. The van der Waals surface area contributed by atoms with Crippen LogP contribution in [0.2, 0.25) is 0 Å². The van der Waals surface area contributed by atoms with Crippen LogP contribution in [0, 0.1) is 0 Å². The Morgan fingerprint density at radius 1 is 1.24 bits per heavy atom. The van der Waals surface area contributed by atoms with Crippen LogP contribution < -0.4 is 5.32 Å². The molecule has 0 unspecified atom stereocenters. The number of rotatable bonds is 6. The second-order valence-electron chi connectivity index (χ2n) is 4.65. The average Bonchev–Trinajstić information content (AvgIpc) is 2.84. The minimum Gasteiger partial charge on any atom is -0.360 e. The second-order valence-corrected chi connectivity index (χ2v) is 5.68. The summed E-state index contributed by atoms with van der Waals surface area (Å²) in [7, 11) is 0. The van der Waals surface area contributed by atoms with Crippen LogP contribution in [0.3, 0.4) is 0 Å². The summed E-state index contributed by atoms with van der Waals surface area (Å²) in [4.78, 5) is 6.49. The van der Waals surface area contributed by atoms with Crippen molar-refractivity contribution < 1.29 is 13.2 Å². The van der Waals surface area contributed by atoms with Crippen LogP contribution >= 0.6 is 11.3 Å². The first-order chi connectivity index (χ1) is 9.94. The Balaban J connectivity index is 2.05. The van der Waals surface area contributed by atoms with E-state index in [4.69, 9.17) is 0 Å². The van der Waals surface area contributed by atoms with Crippen LogP contribution in [0.5, 0.6) is 0 Å². The van der Waals surface area contributed by atoms with Crippen molar-refractivity contribution in [3.63, 3.8) is 0 Å². The van der Waals surface area contributed by atoms with Gasteiger partial charge >= 0.3 is 6.18 Å². The summed E-state index contributed by atoms with van der Waals surface area (Å²) in [6.45, 7) is 7.77. The van der Waals surface area contributed by atoms with Crippen LogP contribution in [-0.4, -0.2) is 36.1 Å². The normalized spacial score (nSPS) is 12.3. The maximum atomic E-state index is 12.6. The predicted molar refractivity (Wildman–Crippen MR) is 80.9 cm³/mol. The molecular weight excluding hydrogens is 299 g/mol. The van der Waals surface area contributed by atoms with Gasteiger partial charge in [0.1, 0.15) is 0 Å². The molecule has 0 saturated heterocycles. The molecule has 1 N–H and O–H groups in total. The summed E-state index contributed by atoms with van der Waals surface area (Å²) in [5.74, 6) is 0. The van der Waals surface area contributed by atoms with Gasteiger partial charge in [-0.05, 0) is 31.3 Å². The van der Waals surface area contributed by atoms with E-state index in [9.17, 15) is 13.2 Å². The molecule has 0 atom stereocenters. The number of anilines is 1. The van der Waals surface area contributed by atoms with Gasteiger partial charge in [0, 0.05) is 13.1 Å². The maximum absolute atomic E-state index is 12.6. The third kappa shape index (κ3) is 4.07. The van der Waals surface area contributed by atoms with Gasteiger partial charge < -0.3 is 10.2 Å². The highest BCUT2D eigenvalue weighted by atomic mass is 32.1. The SMILES string of the molecule is CCN(CC)CCNc1nc2cc(C(F)(F)F)ccc2s1. The van der Waals surface area contributed by atoms with Crippen molar-refractivity contribution in [1.82, 2.24) is 9.88 Å². The van der Waals surface area contributed by atoms with E-state index in [1.165, 1.54) is 17.4 Å². The molecule has 2 rings (SSSR count). The summed E-state index contributed by atoms with van der Waals surface area (Å²) in [6, 6.07) is 3.67. The largest absolute Gasteiger partial charge is 0.416 e. The molecule has 2 aromatic rings. The summed E-state index contributed by atoms with van der Waals surface area (Å²) in [6.07, 6.45) is -4.33. The molecule has 116 valence electrons. The van der Waals surface area contributed by atoms with E-state index in [2.05, 4.69) is 29.0 Å². The number of hydrogen-bond acceptors (Lipinski definition) is 4. The van der Waals surface area contributed by atoms with Crippen molar-refractivity contribution in [2.24, 2.45) is 0 Å². The zero-order valence-electron chi connectivity index (χ0n) is 12.0. The lowest BCUT2D eigenvalue weighted by molar-refractivity contribution is -0.137. The van der Waals surface area contributed by atoms with E-state index in [1.54, 1.807) is 0 Å². The van der Waals surface area contributed by atoms with E-state index in [1.807, 2.05) is 0 Å². The molecule has 21 heavy (non-hydrogen) atoms. The number of fused-ring (bicyclic) bond motifs is 1. The molecule has 0 aliphatic rings. The van der Waals surface area contributed by atoms with E-state index in [0.717, 1.165) is 43.0 Å². The van der Waals surface area contributed by atoms with Crippen LogP contribution in [0.1, 0.15) is 19.4 Å². The quantitative estimate of drug-likeness (QED) is 0.870. The zero-order valence-corrected chi connectivity index (χ0v) is 12.8. The minimum absolute atomic E-state index is 0.389. The first-order valence-electron chi connectivity index (χ1n) is 6.88. The Morgan fingerprint density at radius 3 is 2.57 bits per heavy atom. The smallest absolute Gasteiger partial charge is 0.360 e. The molecule has 0 spiro atoms. The standard InChI is InChI=1S/C14H18F3N3S/c1-3-20(4-2)8-7-18-13-19-11-9-10(14(15,16)17)5-6-12(11)21-13/h5-6,9H,3-4,7-8H2,1-2H3,(H,18,19). The van der Waals surface area contributed by atoms with Crippen molar-refractivity contribution >= 4 is 26.7 Å². The minimum atomic E-state index is -4.33. The Morgan fingerprint density at radius 2 is 1.95 bits per heavy atom. The molecule has 0 amide bonds. The van der Waals surface area contributed by atoms with Gasteiger partial charge in [0.25, 0.3) is 0 Å². The first kappa shape index (κ1) is 16.0. The number of likely N-dealkylation sites (N-methyl/N-ethyl adjacent to an activating group) is 1. The molecule has 0 aliphatic heterocycles. The number of nitrogens with one attached hydrogen (secondary N) is 1. The molecule has 1 aromatic heterocycles. The van der Waals surface area contributed by atoms with Gasteiger partial charge in [-0.15, -0.1) is 0 Å². The molecular formula is C14H18F3N3S. The molecule has 0 saturated carbocycles. The van der Waals surface area contributed by atoms with Crippen molar-refractivity contribution in [1.29, 1.82) is 0 Å². The van der Waals surface area contributed by atoms with Crippen molar-refractivity contribution in [3.05, 3.63) is 23.8 Å². The van der Waals surface area contributed by atoms with Gasteiger partial charge in [-0.2, -0.15) is 13.2 Å². The summed E-state index contributed by atoms with van der Waals surface area (Å²) < 4.78 is 38.7. The predicted octanol–water partition coefficient (Wildman–Crippen LogP) is 4.07. The van der Waals surface area contributed by atoms with Crippen LogP contribution in [0.25, 0.3) is 10.2 Å². The number of hydrogen-bond donors (Lipinski definition) is 1. The number of nitrogens with zero attached hydrogens (tertiary/aromatic N) is 2. The lowest BCUT2D eigenvalue weighted by atomic mass is 10.2. The molecule has 0 aliphatic carbocycles. The van der Waals surface area contributed by atoms with Crippen LogP contribution in [-0.2, 0) is 6.18 Å². The van der Waals surface area contributed by atoms with E-state index >= 15 is 0 Å². The van der Waals surface area contributed by atoms with Crippen LogP contribution in [0.15, 0.2) is 18.2 Å². The number of benzene rings is 1. The highest BCUT2D eigenvalue weighted by Crippen LogP contribution is 2.33. The molecule has 1 aromatic carbocycles. The summed E-state index contributed by atoms with van der Waals surface area (Å²) >= 11 is 1.38. The van der Waals surface area contributed by atoms with Gasteiger partial charge in [0.05, 0.1) is 15.8 Å². The number of aromatic nitrogens is 1. The fourth-order valence-corrected chi connectivity index (χ4v) is 2.91. The molecule has 1 heterocycles. The second kappa shape index (κ2) is 6.62. The monoisotopic (exact) mass is 317 g/mol. The van der Waals surface area contributed by atoms with Crippen molar-refractivity contribution in [2.75, 3.05) is 31.5 Å². The molecule has 0 radical (unpaired) electrons.